The minimum atomic E-state index is -0.576. The van der Waals surface area contributed by atoms with Crippen molar-refractivity contribution < 1.29 is 19.7 Å². The highest BCUT2D eigenvalue weighted by Gasteiger charge is 2.31. The van der Waals surface area contributed by atoms with Gasteiger partial charge in [-0.3, -0.25) is 0 Å². The van der Waals surface area contributed by atoms with E-state index in [1.54, 1.807) is 12.1 Å². The lowest BCUT2D eigenvalue weighted by Crippen LogP contribution is -2.36. The minimum absolute atomic E-state index is 0. The lowest BCUT2D eigenvalue weighted by atomic mass is 9.77. The van der Waals surface area contributed by atoms with Crippen molar-refractivity contribution in [2.75, 3.05) is 14.2 Å². The largest absolute Gasteiger partial charge is 0.502 e. The van der Waals surface area contributed by atoms with E-state index in [-0.39, 0.29) is 24.1 Å². The highest BCUT2D eigenvalue weighted by molar-refractivity contribution is 5.85. The van der Waals surface area contributed by atoms with Crippen molar-refractivity contribution in [1.29, 1.82) is 0 Å². The van der Waals surface area contributed by atoms with Gasteiger partial charge < -0.3 is 25.4 Å². The van der Waals surface area contributed by atoms with Crippen molar-refractivity contribution >= 4 is 12.4 Å². The Kier molecular flexibility index (Phi) is 5.92. The lowest BCUT2D eigenvalue weighted by molar-refractivity contribution is 0.0412. The number of halogens is 1. The highest BCUT2D eigenvalue weighted by Crippen LogP contribution is 2.41. The predicted octanol–water partition coefficient (Wildman–Crippen LogP) is 1.99. The smallest absolute Gasteiger partial charge is 0.200 e. The molecule has 0 aromatic heterocycles. The molecule has 0 aliphatic heterocycles. The van der Waals surface area contributed by atoms with E-state index >= 15 is 0 Å². The molecule has 0 unspecified atom stereocenters. The molecule has 20 heavy (non-hydrogen) atoms. The van der Waals surface area contributed by atoms with Gasteiger partial charge in [-0.25, -0.2) is 0 Å². The minimum Gasteiger partial charge on any atom is -0.502 e. The summed E-state index contributed by atoms with van der Waals surface area (Å²) in [6, 6.07) is 2.78. The SMILES string of the molecule is COc1cc([C@@H](N)[C@@H](O)C2CCC2)cc(OC)c1O.Cl. The van der Waals surface area contributed by atoms with E-state index in [1.807, 2.05) is 0 Å². The molecule has 6 heteroatoms. The second-order valence-corrected chi connectivity index (χ2v) is 4.98. The number of ether oxygens (including phenoxy) is 2. The van der Waals surface area contributed by atoms with Gasteiger partial charge in [0, 0.05) is 0 Å². The summed E-state index contributed by atoms with van der Waals surface area (Å²) in [5, 5.41) is 20.1. The van der Waals surface area contributed by atoms with E-state index in [0.29, 0.717) is 17.1 Å². The number of hydrogen-bond acceptors (Lipinski definition) is 5. The Labute approximate surface area is 125 Å². The molecule has 2 rings (SSSR count). The van der Waals surface area contributed by atoms with Gasteiger partial charge in [0.2, 0.25) is 5.75 Å². The molecule has 1 aliphatic carbocycles. The second kappa shape index (κ2) is 7.02. The van der Waals surface area contributed by atoms with Gasteiger partial charge in [-0.05, 0) is 36.5 Å². The molecule has 0 heterocycles. The Morgan fingerprint density at radius 1 is 1.20 bits per heavy atom. The van der Waals surface area contributed by atoms with Gasteiger partial charge in [-0.2, -0.15) is 0 Å². The molecule has 114 valence electrons. The molecule has 0 bridgehead atoms. The molecule has 0 amide bonds. The summed E-state index contributed by atoms with van der Waals surface area (Å²) in [5.74, 6) is 0.802. The third kappa shape index (κ3) is 3.11. The van der Waals surface area contributed by atoms with Crippen LogP contribution in [0.4, 0.5) is 0 Å². The predicted molar refractivity (Wildman–Crippen MR) is 78.7 cm³/mol. The third-order valence-corrected chi connectivity index (χ3v) is 3.89. The van der Waals surface area contributed by atoms with E-state index < -0.39 is 12.1 Å². The van der Waals surface area contributed by atoms with Crippen LogP contribution in [0.15, 0.2) is 12.1 Å². The number of benzene rings is 1. The first-order valence-electron chi connectivity index (χ1n) is 6.47. The maximum absolute atomic E-state index is 10.2. The summed E-state index contributed by atoms with van der Waals surface area (Å²) in [5.41, 5.74) is 6.80. The molecule has 1 aliphatic rings. The van der Waals surface area contributed by atoms with Crippen LogP contribution in [0.2, 0.25) is 0 Å². The molecule has 0 radical (unpaired) electrons. The van der Waals surface area contributed by atoms with Gasteiger partial charge in [-0.1, -0.05) is 6.42 Å². The Bertz CT molecular complexity index is 426. The Hall–Kier alpha value is -1.17. The topological polar surface area (TPSA) is 84.9 Å². The summed E-state index contributed by atoms with van der Waals surface area (Å²) < 4.78 is 10.2. The van der Waals surface area contributed by atoms with Gasteiger partial charge in [0.25, 0.3) is 0 Å². The van der Waals surface area contributed by atoms with Crippen LogP contribution >= 0.6 is 12.4 Å². The van der Waals surface area contributed by atoms with Gasteiger partial charge in [0.1, 0.15) is 0 Å². The molecule has 5 nitrogen and oxygen atoms in total. The van der Waals surface area contributed by atoms with Crippen molar-refractivity contribution in [2.45, 2.75) is 31.4 Å². The van der Waals surface area contributed by atoms with Crippen molar-refractivity contribution in [2.24, 2.45) is 11.7 Å². The van der Waals surface area contributed by atoms with Gasteiger partial charge in [0.05, 0.1) is 26.4 Å². The van der Waals surface area contributed by atoms with Crippen LogP contribution in [0.25, 0.3) is 0 Å². The molecule has 1 saturated carbocycles. The van der Waals surface area contributed by atoms with Crippen molar-refractivity contribution in [3.63, 3.8) is 0 Å². The Morgan fingerprint density at radius 2 is 1.70 bits per heavy atom. The Balaban J connectivity index is 0.00000200. The molecule has 4 N–H and O–H groups in total. The van der Waals surface area contributed by atoms with Crippen LogP contribution in [0.1, 0.15) is 30.9 Å². The molecular weight excluding hydrogens is 282 g/mol. The normalized spacial score (nSPS) is 17.6. The molecule has 1 aromatic rings. The van der Waals surface area contributed by atoms with Crippen molar-refractivity contribution in [3.05, 3.63) is 17.7 Å². The van der Waals surface area contributed by atoms with E-state index in [1.165, 1.54) is 14.2 Å². The zero-order chi connectivity index (χ0) is 14.0. The maximum atomic E-state index is 10.2. The lowest BCUT2D eigenvalue weighted by Gasteiger charge is -2.34. The third-order valence-electron chi connectivity index (χ3n) is 3.89. The number of rotatable bonds is 5. The van der Waals surface area contributed by atoms with Gasteiger partial charge in [-0.15, -0.1) is 12.4 Å². The van der Waals surface area contributed by atoms with E-state index in [9.17, 15) is 10.2 Å². The average Bonchev–Trinajstić information content (AvgIpc) is 2.36. The molecule has 2 atom stereocenters. The summed E-state index contributed by atoms with van der Waals surface area (Å²) >= 11 is 0. The van der Waals surface area contributed by atoms with Crippen LogP contribution in [-0.4, -0.2) is 30.5 Å². The number of methoxy groups -OCH3 is 2. The number of aliphatic hydroxyl groups excluding tert-OH is 1. The molecular formula is C14H22ClNO4. The zero-order valence-electron chi connectivity index (χ0n) is 11.7. The number of hydrogen-bond donors (Lipinski definition) is 3. The number of phenols is 1. The summed E-state index contributed by atoms with van der Waals surface area (Å²) in [6.45, 7) is 0. The zero-order valence-corrected chi connectivity index (χ0v) is 12.5. The average molecular weight is 304 g/mol. The number of nitrogens with two attached hydrogens (primary N) is 1. The van der Waals surface area contributed by atoms with Crippen LogP contribution in [-0.2, 0) is 0 Å². The van der Waals surface area contributed by atoms with E-state index in [4.69, 9.17) is 15.2 Å². The fraction of sp³-hybridized carbons (Fsp3) is 0.571. The molecule has 1 fully saturated rings. The van der Waals surface area contributed by atoms with Crippen molar-refractivity contribution in [1.82, 2.24) is 0 Å². The molecule has 0 spiro atoms. The number of phenolic OH excluding ortho intramolecular Hbond substituents is 1. The van der Waals surface area contributed by atoms with Crippen LogP contribution < -0.4 is 15.2 Å². The fourth-order valence-electron chi connectivity index (χ4n) is 2.38. The van der Waals surface area contributed by atoms with Crippen LogP contribution in [0, 0.1) is 5.92 Å². The van der Waals surface area contributed by atoms with Crippen molar-refractivity contribution in [3.8, 4) is 17.2 Å². The molecule has 1 aromatic carbocycles. The summed E-state index contributed by atoms with van der Waals surface area (Å²) in [6.07, 6.45) is 2.60. The number of aromatic hydroxyl groups is 1. The quantitative estimate of drug-likeness (QED) is 0.774. The maximum Gasteiger partial charge on any atom is 0.200 e. The first-order valence-corrected chi connectivity index (χ1v) is 6.47. The van der Waals surface area contributed by atoms with Crippen LogP contribution in [0.3, 0.4) is 0 Å². The van der Waals surface area contributed by atoms with Gasteiger partial charge in [0.15, 0.2) is 11.5 Å². The monoisotopic (exact) mass is 303 g/mol. The number of aliphatic hydroxyl groups is 1. The molecule has 0 saturated heterocycles. The van der Waals surface area contributed by atoms with E-state index in [0.717, 1.165) is 19.3 Å². The first kappa shape index (κ1) is 16.9. The first-order chi connectivity index (χ1) is 9.08. The standard InChI is InChI=1S/C14H21NO4.ClH/c1-18-10-6-9(7-11(19-2)14(10)17)12(15)13(16)8-4-3-5-8;/h6-8,12-13,16-17H,3-5,15H2,1-2H3;1H/t12-,13+;/m1./s1. The Morgan fingerprint density at radius 3 is 2.05 bits per heavy atom. The summed E-state index contributed by atoms with van der Waals surface area (Å²) in [7, 11) is 2.93. The van der Waals surface area contributed by atoms with E-state index in [2.05, 4.69) is 0 Å². The van der Waals surface area contributed by atoms with Gasteiger partial charge >= 0.3 is 0 Å². The second-order valence-electron chi connectivity index (χ2n) is 4.98. The van der Waals surface area contributed by atoms with Crippen LogP contribution in [0.5, 0.6) is 17.2 Å². The fourth-order valence-corrected chi connectivity index (χ4v) is 2.38. The highest BCUT2D eigenvalue weighted by atomic mass is 35.5. The summed E-state index contributed by atoms with van der Waals surface area (Å²) in [4.78, 5) is 0.